The van der Waals surface area contributed by atoms with Gasteiger partial charge < -0.3 is 15.6 Å². The van der Waals surface area contributed by atoms with Crippen molar-refractivity contribution in [3.8, 4) is 11.3 Å². The molecule has 2 saturated carbocycles. The molecule has 3 aromatic heterocycles. The highest BCUT2D eigenvalue weighted by Gasteiger charge is 2.48. The zero-order valence-corrected chi connectivity index (χ0v) is 20.6. The number of nitrogens with zero attached hydrogens (tertiary/aromatic N) is 3. The lowest BCUT2D eigenvalue weighted by Gasteiger charge is -2.27. The number of anilines is 1. The van der Waals surface area contributed by atoms with E-state index in [2.05, 4.69) is 30.9 Å². The van der Waals surface area contributed by atoms with E-state index >= 15 is 0 Å². The number of pyridine rings is 1. The van der Waals surface area contributed by atoms with E-state index in [9.17, 15) is 9.59 Å². The predicted molar refractivity (Wildman–Crippen MR) is 131 cm³/mol. The van der Waals surface area contributed by atoms with Crippen LogP contribution in [-0.2, 0) is 4.79 Å². The first-order valence-electron chi connectivity index (χ1n) is 12.4. The summed E-state index contributed by atoms with van der Waals surface area (Å²) >= 11 is 0. The van der Waals surface area contributed by atoms with Crippen LogP contribution in [-0.4, -0.2) is 38.1 Å². The molecule has 35 heavy (non-hydrogen) atoms. The number of carbonyl (C=O) groups excluding carboxylic acids is 2. The standard InChI is InChI=1S/C26H32N6O3/c1-13(2)22-24(32-35-31-22)26(34)30-23(21(16-5-6-16)17-7-8-17)25(33)29-18-9-10-19(28-12-18)20-14(3)11-27-15(20)4/h9-13,16-17,21,23,27H,5-8H2,1-4H3,(H,29,33)(H,30,34)/t23-/m0/s1. The molecule has 5 rings (SSSR count). The lowest BCUT2D eigenvalue weighted by molar-refractivity contribution is -0.119. The number of aromatic amines is 1. The number of aromatic nitrogens is 4. The second-order valence-electron chi connectivity index (χ2n) is 10.2. The highest BCUT2D eigenvalue weighted by molar-refractivity contribution is 6.01. The summed E-state index contributed by atoms with van der Waals surface area (Å²) in [7, 11) is 0. The molecule has 0 spiro atoms. The number of aryl methyl sites for hydroxylation is 2. The predicted octanol–water partition coefficient (Wildman–Crippen LogP) is 4.37. The van der Waals surface area contributed by atoms with Crippen LogP contribution in [0.15, 0.2) is 29.2 Å². The molecule has 2 aliphatic rings. The molecule has 9 heteroatoms. The molecule has 1 atom stereocenters. The van der Waals surface area contributed by atoms with Gasteiger partial charge in [0.05, 0.1) is 17.6 Å². The van der Waals surface area contributed by atoms with Gasteiger partial charge in [0.25, 0.3) is 5.91 Å². The van der Waals surface area contributed by atoms with E-state index in [0.717, 1.165) is 48.2 Å². The van der Waals surface area contributed by atoms with Crippen molar-refractivity contribution in [3.63, 3.8) is 0 Å². The molecule has 2 fully saturated rings. The number of hydrogen-bond donors (Lipinski definition) is 3. The Kier molecular flexibility index (Phi) is 6.17. The van der Waals surface area contributed by atoms with Gasteiger partial charge in [-0.25, -0.2) is 4.63 Å². The maximum absolute atomic E-state index is 13.5. The highest BCUT2D eigenvalue weighted by atomic mass is 16.6. The van der Waals surface area contributed by atoms with Gasteiger partial charge in [-0.05, 0) is 80.1 Å². The quantitative estimate of drug-likeness (QED) is 0.421. The summed E-state index contributed by atoms with van der Waals surface area (Å²) < 4.78 is 4.83. The molecule has 2 amide bonds. The van der Waals surface area contributed by atoms with Gasteiger partial charge in [0.1, 0.15) is 11.7 Å². The Morgan fingerprint density at radius 2 is 1.80 bits per heavy atom. The highest BCUT2D eigenvalue weighted by Crippen LogP contribution is 2.51. The third-order valence-electron chi connectivity index (χ3n) is 7.12. The average Bonchev–Trinajstić information content (AvgIpc) is 3.76. The summed E-state index contributed by atoms with van der Waals surface area (Å²) in [6, 6.07) is 3.10. The third kappa shape index (κ3) is 4.85. The monoisotopic (exact) mass is 476 g/mol. The molecule has 9 nitrogen and oxygen atoms in total. The van der Waals surface area contributed by atoms with E-state index in [1.54, 1.807) is 6.20 Å². The maximum atomic E-state index is 13.5. The summed E-state index contributed by atoms with van der Waals surface area (Å²) in [5.74, 6) is 0.353. The fourth-order valence-corrected chi connectivity index (χ4v) is 5.06. The van der Waals surface area contributed by atoms with Gasteiger partial charge in [-0.2, -0.15) is 0 Å². The van der Waals surface area contributed by atoms with E-state index < -0.39 is 11.9 Å². The Bertz CT molecular complexity index is 1190. The molecule has 0 bridgehead atoms. The minimum Gasteiger partial charge on any atom is -0.364 e. The van der Waals surface area contributed by atoms with Gasteiger partial charge in [0, 0.05) is 23.4 Å². The molecule has 0 saturated heterocycles. The van der Waals surface area contributed by atoms with Gasteiger partial charge in [-0.3, -0.25) is 14.6 Å². The van der Waals surface area contributed by atoms with Crippen LogP contribution in [0.1, 0.15) is 72.9 Å². The maximum Gasteiger partial charge on any atom is 0.276 e. The minimum absolute atomic E-state index is 0.0196. The Hall–Kier alpha value is -3.49. The Labute approximate surface area is 204 Å². The largest absolute Gasteiger partial charge is 0.364 e. The Morgan fingerprint density at radius 1 is 1.09 bits per heavy atom. The second kappa shape index (κ2) is 9.28. The molecule has 184 valence electrons. The molecular weight excluding hydrogens is 444 g/mol. The van der Waals surface area contributed by atoms with Crippen molar-refractivity contribution in [2.75, 3.05) is 5.32 Å². The number of nitrogens with one attached hydrogen (secondary N) is 3. The van der Waals surface area contributed by atoms with Crippen LogP contribution in [0.2, 0.25) is 0 Å². The topological polar surface area (TPSA) is 126 Å². The van der Waals surface area contributed by atoms with Crippen LogP contribution in [0.4, 0.5) is 5.69 Å². The van der Waals surface area contributed by atoms with Crippen molar-refractivity contribution in [1.82, 2.24) is 25.6 Å². The van der Waals surface area contributed by atoms with Crippen molar-refractivity contribution in [2.24, 2.45) is 17.8 Å². The second-order valence-corrected chi connectivity index (χ2v) is 10.2. The van der Waals surface area contributed by atoms with Crippen LogP contribution in [0, 0.1) is 31.6 Å². The SMILES string of the molecule is Cc1c[nH]c(C)c1-c1ccc(NC(=O)[C@@H](NC(=O)c2nonc2C(C)C)C(C2CC2)C2CC2)cn1. The lowest BCUT2D eigenvalue weighted by Crippen LogP contribution is -2.50. The van der Waals surface area contributed by atoms with Gasteiger partial charge in [-0.15, -0.1) is 0 Å². The van der Waals surface area contributed by atoms with Crippen LogP contribution in [0.5, 0.6) is 0 Å². The van der Waals surface area contributed by atoms with Crippen LogP contribution >= 0.6 is 0 Å². The van der Waals surface area contributed by atoms with Crippen molar-refractivity contribution < 1.29 is 14.2 Å². The molecule has 3 N–H and O–H groups in total. The number of rotatable bonds is 9. The minimum atomic E-state index is -0.659. The first-order valence-corrected chi connectivity index (χ1v) is 12.4. The molecule has 0 aliphatic heterocycles. The summed E-state index contributed by atoms with van der Waals surface area (Å²) in [5.41, 5.74) is 5.32. The van der Waals surface area contributed by atoms with E-state index in [1.165, 1.54) is 0 Å². The van der Waals surface area contributed by atoms with Gasteiger partial charge >= 0.3 is 0 Å². The summed E-state index contributed by atoms with van der Waals surface area (Å²) in [4.78, 5) is 34.5. The number of hydrogen-bond acceptors (Lipinski definition) is 6. The van der Waals surface area contributed by atoms with E-state index in [-0.39, 0.29) is 23.4 Å². The van der Waals surface area contributed by atoms with Gasteiger partial charge in [-0.1, -0.05) is 19.0 Å². The van der Waals surface area contributed by atoms with Gasteiger partial charge in [0.2, 0.25) is 5.91 Å². The number of carbonyl (C=O) groups is 2. The fourth-order valence-electron chi connectivity index (χ4n) is 5.06. The molecule has 0 aromatic carbocycles. The molecule has 0 radical (unpaired) electrons. The Morgan fingerprint density at radius 3 is 2.34 bits per heavy atom. The van der Waals surface area contributed by atoms with E-state index in [4.69, 9.17) is 4.63 Å². The number of H-pyrrole nitrogens is 1. The van der Waals surface area contributed by atoms with Crippen LogP contribution < -0.4 is 10.6 Å². The van der Waals surface area contributed by atoms with E-state index in [1.807, 2.05) is 46.0 Å². The van der Waals surface area contributed by atoms with Crippen molar-refractivity contribution in [3.05, 3.63) is 47.2 Å². The van der Waals surface area contributed by atoms with Gasteiger partial charge in [0.15, 0.2) is 5.69 Å². The molecular formula is C26H32N6O3. The van der Waals surface area contributed by atoms with Crippen LogP contribution in [0.3, 0.4) is 0 Å². The zero-order chi connectivity index (χ0) is 24.7. The lowest BCUT2D eigenvalue weighted by atomic mass is 9.88. The molecule has 0 unspecified atom stereocenters. The molecule has 3 aromatic rings. The van der Waals surface area contributed by atoms with Crippen LogP contribution in [0.25, 0.3) is 11.3 Å². The summed E-state index contributed by atoms with van der Waals surface area (Å²) in [6.45, 7) is 7.89. The molecule has 3 heterocycles. The van der Waals surface area contributed by atoms with E-state index in [0.29, 0.717) is 23.2 Å². The first kappa shape index (κ1) is 23.3. The fraction of sp³-hybridized carbons (Fsp3) is 0.500. The summed E-state index contributed by atoms with van der Waals surface area (Å²) in [6.07, 6.45) is 7.99. The molecule has 2 aliphatic carbocycles. The zero-order valence-electron chi connectivity index (χ0n) is 20.6. The first-order chi connectivity index (χ1) is 16.8. The Balaban J connectivity index is 1.36. The van der Waals surface area contributed by atoms with Crippen molar-refractivity contribution in [2.45, 2.75) is 65.3 Å². The van der Waals surface area contributed by atoms with Crippen molar-refractivity contribution >= 4 is 17.5 Å². The normalized spacial score (nSPS) is 16.5. The van der Waals surface area contributed by atoms with Crippen molar-refractivity contribution in [1.29, 1.82) is 0 Å². The third-order valence-corrected chi connectivity index (χ3v) is 7.12. The smallest absolute Gasteiger partial charge is 0.276 e. The number of amides is 2. The summed E-state index contributed by atoms with van der Waals surface area (Å²) in [5, 5.41) is 13.7. The average molecular weight is 477 g/mol.